The number of benzene rings is 1. The Kier molecular flexibility index (Phi) is 8.88. The zero-order valence-electron chi connectivity index (χ0n) is 17.2. The molecule has 0 unspecified atom stereocenters. The van der Waals surface area contributed by atoms with E-state index in [2.05, 4.69) is 17.2 Å². The summed E-state index contributed by atoms with van der Waals surface area (Å²) >= 11 is 0. The summed E-state index contributed by atoms with van der Waals surface area (Å²) in [7, 11) is 0. The van der Waals surface area contributed by atoms with Crippen LogP contribution in [0, 0.1) is 0 Å². The maximum atomic E-state index is 13.5. The Morgan fingerprint density at radius 1 is 0.871 bits per heavy atom. The van der Waals surface area contributed by atoms with Crippen molar-refractivity contribution in [2.75, 3.05) is 13.1 Å². The minimum Gasteiger partial charge on any atom is -0.387 e. The molecule has 31 heavy (non-hydrogen) atoms. The van der Waals surface area contributed by atoms with Crippen LogP contribution < -0.4 is 5.32 Å². The lowest BCUT2D eigenvalue weighted by Crippen LogP contribution is -2.25. The van der Waals surface area contributed by atoms with Crippen LogP contribution in [0.15, 0.2) is 36.4 Å². The van der Waals surface area contributed by atoms with Crippen LogP contribution in [0.25, 0.3) is 11.3 Å². The molecule has 1 aromatic carbocycles. The molecular formula is C22H26F6N2O. The van der Waals surface area contributed by atoms with Crippen LogP contribution in [0.1, 0.15) is 62.0 Å². The Morgan fingerprint density at radius 3 is 2.10 bits per heavy atom. The average Bonchev–Trinajstić information content (AvgIpc) is 2.71. The zero-order chi connectivity index (χ0) is 23.1. The van der Waals surface area contributed by atoms with Gasteiger partial charge in [-0.25, -0.2) is 4.98 Å². The fourth-order valence-corrected chi connectivity index (χ4v) is 3.16. The molecule has 0 fully saturated rings. The monoisotopic (exact) mass is 448 g/mol. The van der Waals surface area contributed by atoms with Crippen molar-refractivity contribution in [2.24, 2.45) is 0 Å². The molecule has 0 aliphatic heterocycles. The second-order valence-corrected chi connectivity index (χ2v) is 7.34. The number of nitrogens with zero attached hydrogens (tertiary/aromatic N) is 1. The fraction of sp³-hybridized carbons (Fsp3) is 0.500. The third-order valence-corrected chi connectivity index (χ3v) is 4.86. The summed E-state index contributed by atoms with van der Waals surface area (Å²) in [5, 5.41) is 13.2. The Balaban J connectivity index is 2.13. The van der Waals surface area contributed by atoms with Gasteiger partial charge in [-0.1, -0.05) is 50.8 Å². The van der Waals surface area contributed by atoms with Crippen LogP contribution in [-0.2, 0) is 12.4 Å². The number of hydrogen-bond acceptors (Lipinski definition) is 3. The van der Waals surface area contributed by atoms with E-state index in [0.717, 1.165) is 62.4 Å². The number of hydrogen-bond donors (Lipinski definition) is 2. The Bertz CT molecular complexity index is 818. The minimum absolute atomic E-state index is 0.0574. The summed E-state index contributed by atoms with van der Waals surface area (Å²) in [5.41, 5.74) is -2.53. The van der Waals surface area contributed by atoms with Gasteiger partial charge in [0.05, 0.1) is 17.4 Å². The van der Waals surface area contributed by atoms with E-state index in [9.17, 15) is 31.4 Å². The molecule has 1 heterocycles. The molecule has 0 aliphatic rings. The van der Waals surface area contributed by atoms with E-state index < -0.39 is 29.7 Å². The molecule has 1 aromatic heterocycles. The third-order valence-electron chi connectivity index (χ3n) is 4.86. The van der Waals surface area contributed by atoms with Gasteiger partial charge in [0.15, 0.2) is 5.69 Å². The first-order valence-electron chi connectivity index (χ1n) is 10.2. The van der Waals surface area contributed by atoms with Crippen molar-refractivity contribution < 1.29 is 31.4 Å². The number of aromatic nitrogens is 1. The van der Waals surface area contributed by atoms with Crippen LogP contribution in [0.2, 0.25) is 0 Å². The van der Waals surface area contributed by atoms with E-state index in [1.807, 2.05) is 0 Å². The van der Waals surface area contributed by atoms with E-state index >= 15 is 0 Å². The Morgan fingerprint density at radius 2 is 1.52 bits per heavy atom. The lowest BCUT2D eigenvalue weighted by atomic mass is 10.0. The van der Waals surface area contributed by atoms with Crippen molar-refractivity contribution in [2.45, 2.75) is 57.5 Å². The molecule has 0 amide bonds. The van der Waals surface area contributed by atoms with Gasteiger partial charge in [-0.3, -0.25) is 0 Å². The highest BCUT2D eigenvalue weighted by molar-refractivity contribution is 5.60. The van der Waals surface area contributed by atoms with E-state index in [-0.39, 0.29) is 23.4 Å². The van der Waals surface area contributed by atoms with Crippen molar-refractivity contribution >= 4 is 0 Å². The highest BCUT2D eigenvalue weighted by Gasteiger charge is 2.37. The van der Waals surface area contributed by atoms with Crippen LogP contribution in [-0.4, -0.2) is 23.2 Å². The molecule has 2 rings (SSSR count). The van der Waals surface area contributed by atoms with Crippen molar-refractivity contribution in [1.82, 2.24) is 10.3 Å². The molecule has 0 saturated heterocycles. The highest BCUT2D eigenvalue weighted by Crippen LogP contribution is 2.36. The predicted octanol–water partition coefficient (Wildman–Crippen LogP) is 6.38. The molecular weight excluding hydrogens is 422 g/mol. The van der Waals surface area contributed by atoms with Crippen molar-refractivity contribution in [3.8, 4) is 11.3 Å². The molecule has 3 nitrogen and oxygen atoms in total. The number of aliphatic hydroxyl groups is 1. The maximum Gasteiger partial charge on any atom is 0.433 e. The molecule has 0 spiro atoms. The summed E-state index contributed by atoms with van der Waals surface area (Å²) < 4.78 is 78.7. The first kappa shape index (κ1) is 25.1. The highest BCUT2D eigenvalue weighted by atomic mass is 19.4. The van der Waals surface area contributed by atoms with Crippen molar-refractivity contribution in [3.05, 3.63) is 53.2 Å². The van der Waals surface area contributed by atoms with Gasteiger partial charge in [-0.05, 0) is 31.2 Å². The molecule has 0 aliphatic carbocycles. The molecule has 2 N–H and O–H groups in total. The number of rotatable bonds is 10. The smallest absolute Gasteiger partial charge is 0.387 e. The fourth-order valence-electron chi connectivity index (χ4n) is 3.16. The summed E-state index contributed by atoms with van der Waals surface area (Å²) in [6, 6.07) is 6.11. The topological polar surface area (TPSA) is 45.1 Å². The lowest BCUT2D eigenvalue weighted by molar-refractivity contribution is -0.142. The predicted molar refractivity (Wildman–Crippen MR) is 106 cm³/mol. The van der Waals surface area contributed by atoms with Gasteiger partial charge >= 0.3 is 12.4 Å². The quantitative estimate of drug-likeness (QED) is 0.328. The van der Waals surface area contributed by atoms with Crippen LogP contribution in [0.5, 0.6) is 0 Å². The largest absolute Gasteiger partial charge is 0.433 e. The molecule has 1 atom stereocenters. The van der Waals surface area contributed by atoms with E-state index in [0.29, 0.717) is 6.54 Å². The summed E-state index contributed by atoms with van der Waals surface area (Å²) in [6.07, 6.45) is -5.57. The molecule has 9 heteroatoms. The molecule has 2 aromatic rings. The second kappa shape index (κ2) is 10.9. The van der Waals surface area contributed by atoms with Gasteiger partial charge in [0.25, 0.3) is 0 Å². The van der Waals surface area contributed by atoms with Crippen LogP contribution in [0.3, 0.4) is 0 Å². The van der Waals surface area contributed by atoms with Gasteiger partial charge in [0.1, 0.15) is 0 Å². The standard InChI is InChI=1S/C22H26F6N2O/c1-2-3-4-5-6-13-29-14-19(31)17-11-12-18(30-20(17)22(26,27)28)15-7-9-16(10-8-15)21(23,24)25/h7-12,19,29,31H,2-6,13-14H2,1H3/t19-/m1/s1. The van der Waals surface area contributed by atoms with Gasteiger partial charge in [-0.2, -0.15) is 26.3 Å². The number of nitrogens with one attached hydrogen (secondary N) is 1. The third kappa shape index (κ3) is 7.50. The van der Waals surface area contributed by atoms with E-state index in [1.54, 1.807) is 0 Å². The summed E-state index contributed by atoms with van der Waals surface area (Å²) in [6.45, 7) is 2.63. The average molecular weight is 448 g/mol. The van der Waals surface area contributed by atoms with Crippen molar-refractivity contribution in [3.63, 3.8) is 0 Å². The lowest BCUT2D eigenvalue weighted by Gasteiger charge is -2.18. The molecule has 0 radical (unpaired) electrons. The van der Waals surface area contributed by atoms with Gasteiger partial charge in [0, 0.05) is 17.7 Å². The van der Waals surface area contributed by atoms with Gasteiger partial charge in [0.2, 0.25) is 0 Å². The minimum atomic E-state index is -4.82. The first-order valence-corrected chi connectivity index (χ1v) is 10.2. The second-order valence-electron chi connectivity index (χ2n) is 7.34. The number of unbranched alkanes of at least 4 members (excludes halogenated alkanes) is 4. The maximum absolute atomic E-state index is 13.5. The zero-order valence-corrected chi connectivity index (χ0v) is 17.2. The van der Waals surface area contributed by atoms with Crippen LogP contribution in [0.4, 0.5) is 26.3 Å². The Hall–Kier alpha value is -2.13. The molecule has 172 valence electrons. The molecule has 0 saturated carbocycles. The summed E-state index contributed by atoms with van der Waals surface area (Å²) in [5.74, 6) is 0. The van der Waals surface area contributed by atoms with Crippen LogP contribution >= 0.6 is 0 Å². The van der Waals surface area contributed by atoms with E-state index in [1.165, 1.54) is 6.07 Å². The SMILES string of the molecule is CCCCCCCNC[C@@H](O)c1ccc(-c2ccc(C(F)(F)F)cc2)nc1C(F)(F)F. The number of alkyl halides is 6. The molecule has 0 bridgehead atoms. The number of pyridine rings is 1. The Labute approximate surface area is 177 Å². The first-order chi connectivity index (χ1) is 14.5. The van der Waals surface area contributed by atoms with Gasteiger partial charge < -0.3 is 10.4 Å². The van der Waals surface area contributed by atoms with Gasteiger partial charge in [-0.15, -0.1) is 0 Å². The van der Waals surface area contributed by atoms with E-state index in [4.69, 9.17) is 0 Å². The number of halogens is 6. The summed E-state index contributed by atoms with van der Waals surface area (Å²) in [4.78, 5) is 3.61. The number of aliphatic hydroxyl groups excluding tert-OH is 1. The van der Waals surface area contributed by atoms with Crippen molar-refractivity contribution in [1.29, 1.82) is 0 Å². The normalized spacial score (nSPS) is 13.4.